The van der Waals surface area contributed by atoms with Gasteiger partial charge in [0.2, 0.25) is 0 Å². The van der Waals surface area contributed by atoms with Crippen LogP contribution in [0.3, 0.4) is 0 Å². The number of pyridine rings is 1. The summed E-state index contributed by atoms with van der Waals surface area (Å²) in [5.74, 6) is -3.16. The number of ether oxygens (including phenoxy) is 1. The van der Waals surface area contributed by atoms with Crippen molar-refractivity contribution in [3.8, 4) is 0 Å². The summed E-state index contributed by atoms with van der Waals surface area (Å²) >= 11 is 0. The molecule has 27 heavy (non-hydrogen) atoms. The van der Waals surface area contributed by atoms with Crippen molar-refractivity contribution < 1.29 is 28.2 Å². The monoisotopic (exact) mass is 376 g/mol. The van der Waals surface area contributed by atoms with Crippen LogP contribution in [0.15, 0.2) is 30.3 Å². The van der Waals surface area contributed by atoms with E-state index in [1.54, 1.807) is 0 Å². The van der Waals surface area contributed by atoms with Gasteiger partial charge in [0.05, 0.1) is 16.8 Å². The minimum absolute atomic E-state index is 0.00286. The second kappa shape index (κ2) is 7.40. The molecule has 1 aromatic heterocycles. The minimum Gasteiger partial charge on any atom is -0.478 e. The number of amides is 1. The molecule has 2 heterocycles. The average molecular weight is 376 g/mol. The molecule has 0 bridgehead atoms. The van der Waals surface area contributed by atoms with E-state index in [-0.39, 0.29) is 22.5 Å². The fourth-order valence-electron chi connectivity index (χ4n) is 3.25. The standard InChI is InChI=1S/C19H18F2N2O4/c1-11-13(18(25)26)3-5-16(22-11)17(24)23-19(6-8-27-9-7-19)14-4-2-12(20)10-15(14)21/h2-5,10H,6-9H2,1H3,(H,23,24)(H,25,26). The zero-order valence-electron chi connectivity index (χ0n) is 14.6. The predicted molar refractivity (Wildman–Crippen MR) is 91.5 cm³/mol. The molecular formula is C19H18F2N2O4. The lowest BCUT2D eigenvalue weighted by Crippen LogP contribution is -2.50. The predicted octanol–water partition coefficient (Wildman–Crippen LogP) is 2.80. The Hall–Kier alpha value is -2.87. The van der Waals surface area contributed by atoms with Gasteiger partial charge in [-0.25, -0.2) is 18.6 Å². The van der Waals surface area contributed by atoms with Gasteiger partial charge in [-0.1, -0.05) is 6.07 Å². The van der Waals surface area contributed by atoms with E-state index in [1.807, 2.05) is 0 Å². The molecule has 1 aliphatic rings. The molecule has 0 saturated carbocycles. The Balaban J connectivity index is 1.94. The zero-order chi connectivity index (χ0) is 19.6. The number of carbonyl (C=O) groups is 2. The Bertz CT molecular complexity index is 895. The summed E-state index contributed by atoms with van der Waals surface area (Å²) in [6, 6.07) is 5.85. The first-order valence-electron chi connectivity index (χ1n) is 8.39. The molecule has 0 radical (unpaired) electrons. The topological polar surface area (TPSA) is 88.5 Å². The van der Waals surface area contributed by atoms with Crippen LogP contribution in [-0.4, -0.2) is 35.2 Å². The van der Waals surface area contributed by atoms with Gasteiger partial charge in [-0.05, 0) is 38.0 Å². The maximum Gasteiger partial charge on any atom is 0.337 e. The summed E-state index contributed by atoms with van der Waals surface area (Å²) in [7, 11) is 0. The molecule has 2 aromatic rings. The summed E-state index contributed by atoms with van der Waals surface area (Å²) in [5, 5.41) is 11.9. The van der Waals surface area contributed by atoms with Crippen LogP contribution in [0.5, 0.6) is 0 Å². The fraction of sp³-hybridized carbons (Fsp3) is 0.316. The molecule has 142 valence electrons. The Kier molecular flexibility index (Phi) is 5.18. The number of rotatable bonds is 4. The van der Waals surface area contributed by atoms with Crippen LogP contribution < -0.4 is 5.32 Å². The van der Waals surface area contributed by atoms with E-state index in [0.717, 1.165) is 12.1 Å². The molecule has 1 amide bonds. The number of aryl methyl sites for hydroxylation is 1. The van der Waals surface area contributed by atoms with E-state index < -0.39 is 29.0 Å². The van der Waals surface area contributed by atoms with Crippen LogP contribution in [-0.2, 0) is 10.3 Å². The summed E-state index contributed by atoms with van der Waals surface area (Å²) in [5.41, 5.74) is -0.667. The smallest absolute Gasteiger partial charge is 0.337 e. The van der Waals surface area contributed by atoms with E-state index in [4.69, 9.17) is 9.84 Å². The van der Waals surface area contributed by atoms with Gasteiger partial charge in [0.1, 0.15) is 17.3 Å². The highest BCUT2D eigenvalue weighted by molar-refractivity contribution is 5.95. The number of nitrogens with zero attached hydrogens (tertiary/aromatic N) is 1. The van der Waals surface area contributed by atoms with Crippen molar-refractivity contribution >= 4 is 11.9 Å². The molecule has 0 unspecified atom stereocenters. The normalized spacial score (nSPS) is 16.0. The van der Waals surface area contributed by atoms with Gasteiger partial charge in [-0.3, -0.25) is 4.79 Å². The highest BCUT2D eigenvalue weighted by atomic mass is 19.1. The molecule has 0 atom stereocenters. The third kappa shape index (κ3) is 3.80. The summed E-state index contributed by atoms with van der Waals surface area (Å²) in [6.45, 7) is 2.10. The summed E-state index contributed by atoms with van der Waals surface area (Å²) in [6.07, 6.45) is 0.626. The van der Waals surface area contributed by atoms with Gasteiger partial charge in [0, 0.05) is 24.8 Å². The maximum absolute atomic E-state index is 14.4. The molecule has 1 fully saturated rings. The summed E-state index contributed by atoms with van der Waals surface area (Å²) < 4.78 is 33.1. The first-order chi connectivity index (χ1) is 12.8. The number of carboxylic acid groups (broad SMARTS) is 1. The van der Waals surface area contributed by atoms with Crippen LogP contribution in [0.4, 0.5) is 8.78 Å². The second-order valence-electron chi connectivity index (χ2n) is 6.41. The minimum atomic E-state index is -1.14. The van der Waals surface area contributed by atoms with Gasteiger partial charge in [0.25, 0.3) is 5.91 Å². The van der Waals surface area contributed by atoms with Crippen LogP contribution in [0.25, 0.3) is 0 Å². The number of aromatic nitrogens is 1. The molecule has 3 rings (SSSR count). The second-order valence-corrected chi connectivity index (χ2v) is 6.41. The number of halogens is 2. The molecule has 0 aliphatic carbocycles. The number of aromatic carboxylic acids is 1. The van der Waals surface area contributed by atoms with Gasteiger partial charge in [-0.2, -0.15) is 0 Å². The molecule has 2 N–H and O–H groups in total. The van der Waals surface area contributed by atoms with Gasteiger partial charge >= 0.3 is 5.97 Å². The summed E-state index contributed by atoms with van der Waals surface area (Å²) in [4.78, 5) is 27.9. The first kappa shape index (κ1) is 18.9. The quantitative estimate of drug-likeness (QED) is 0.857. The first-order valence-corrected chi connectivity index (χ1v) is 8.39. The third-order valence-corrected chi connectivity index (χ3v) is 4.69. The van der Waals surface area contributed by atoms with Crippen molar-refractivity contribution in [3.63, 3.8) is 0 Å². The third-order valence-electron chi connectivity index (χ3n) is 4.69. The molecule has 1 aliphatic heterocycles. The van der Waals surface area contributed by atoms with E-state index in [0.29, 0.717) is 26.1 Å². The molecule has 6 nitrogen and oxygen atoms in total. The Morgan fingerprint density at radius 3 is 2.48 bits per heavy atom. The van der Waals surface area contributed by atoms with Gasteiger partial charge in [-0.15, -0.1) is 0 Å². The van der Waals surface area contributed by atoms with E-state index in [2.05, 4.69) is 10.3 Å². The van der Waals surface area contributed by atoms with Crippen molar-refractivity contribution in [2.24, 2.45) is 0 Å². The van der Waals surface area contributed by atoms with Crippen LogP contribution in [0.1, 0.15) is 44.9 Å². The Labute approximate surface area is 154 Å². The van der Waals surface area contributed by atoms with Crippen LogP contribution in [0, 0.1) is 18.6 Å². The van der Waals surface area contributed by atoms with Crippen molar-refractivity contribution in [2.45, 2.75) is 25.3 Å². The number of hydrogen-bond donors (Lipinski definition) is 2. The van der Waals surface area contributed by atoms with Gasteiger partial charge < -0.3 is 15.2 Å². The molecule has 8 heteroatoms. The molecular weight excluding hydrogens is 358 g/mol. The Morgan fingerprint density at radius 2 is 1.89 bits per heavy atom. The number of benzene rings is 1. The van der Waals surface area contributed by atoms with E-state index >= 15 is 0 Å². The lowest BCUT2D eigenvalue weighted by molar-refractivity contribution is 0.0331. The maximum atomic E-state index is 14.4. The lowest BCUT2D eigenvalue weighted by Gasteiger charge is -2.38. The zero-order valence-corrected chi connectivity index (χ0v) is 14.6. The fourth-order valence-corrected chi connectivity index (χ4v) is 3.25. The average Bonchev–Trinajstić information content (AvgIpc) is 2.61. The van der Waals surface area contributed by atoms with Crippen molar-refractivity contribution in [1.29, 1.82) is 0 Å². The van der Waals surface area contributed by atoms with E-state index in [9.17, 15) is 18.4 Å². The number of nitrogens with one attached hydrogen (secondary N) is 1. The van der Waals surface area contributed by atoms with Gasteiger partial charge in [0.15, 0.2) is 0 Å². The van der Waals surface area contributed by atoms with Crippen molar-refractivity contribution in [1.82, 2.24) is 10.3 Å². The lowest BCUT2D eigenvalue weighted by atomic mass is 9.82. The van der Waals surface area contributed by atoms with Crippen LogP contribution in [0.2, 0.25) is 0 Å². The van der Waals surface area contributed by atoms with E-state index in [1.165, 1.54) is 25.1 Å². The molecule has 1 saturated heterocycles. The highest BCUT2D eigenvalue weighted by Crippen LogP contribution is 2.34. The number of hydrogen-bond acceptors (Lipinski definition) is 4. The number of carbonyl (C=O) groups excluding carboxylic acids is 1. The Morgan fingerprint density at radius 1 is 1.19 bits per heavy atom. The molecule has 1 aromatic carbocycles. The number of carboxylic acids is 1. The molecule has 0 spiro atoms. The largest absolute Gasteiger partial charge is 0.478 e. The van der Waals surface area contributed by atoms with Crippen molar-refractivity contribution in [3.05, 3.63) is 64.5 Å². The SMILES string of the molecule is Cc1nc(C(=O)NC2(c3ccc(F)cc3F)CCOCC2)ccc1C(=O)O. The van der Waals surface area contributed by atoms with Crippen LogP contribution >= 0.6 is 0 Å². The highest BCUT2D eigenvalue weighted by Gasteiger charge is 2.38. The van der Waals surface area contributed by atoms with Crippen molar-refractivity contribution in [2.75, 3.05) is 13.2 Å².